The monoisotopic (exact) mass is 351 g/mol. The predicted octanol–water partition coefficient (Wildman–Crippen LogP) is 4.59. The van der Waals surface area contributed by atoms with E-state index in [-0.39, 0.29) is 5.91 Å². The third-order valence-electron chi connectivity index (χ3n) is 3.62. The van der Waals surface area contributed by atoms with E-state index in [9.17, 15) is 4.79 Å². The van der Waals surface area contributed by atoms with Crippen LogP contribution in [0.3, 0.4) is 0 Å². The Kier molecular flexibility index (Phi) is 6.31. The minimum atomic E-state index is 0.0713. The molecule has 122 valence electrons. The summed E-state index contributed by atoms with van der Waals surface area (Å²) < 4.78 is 5.31. The fourth-order valence-corrected chi connectivity index (χ4v) is 2.63. The third-order valence-corrected chi connectivity index (χ3v) is 4.10. The molecule has 2 rings (SSSR count). The summed E-state index contributed by atoms with van der Waals surface area (Å²) in [6.45, 7) is 0.461. The smallest absolute Gasteiger partial charge is 0.222 e. The summed E-state index contributed by atoms with van der Waals surface area (Å²) in [6, 6.07) is 13.0. The number of ether oxygens (including phenoxy) is 1. The van der Waals surface area contributed by atoms with Crippen molar-refractivity contribution in [2.24, 2.45) is 0 Å². The zero-order valence-corrected chi connectivity index (χ0v) is 14.7. The minimum absolute atomic E-state index is 0.0713. The molecule has 5 heteroatoms. The fraction of sp³-hybridized carbons (Fsp3) is 0.278. The summed E-state index contributed by atoms with van der Waals surface area (Å²) in [6.07, 6.45) is 1.13. The molecule has 0 N–H and O–H groups in total. The van der Waals surface area contributed by atoms with Crippen LogP contribution >= 0.6 is 23.2 Å². The standard InChI is InChI=1S/C18H19Cl2NO2/c1-21(12-14-11-16(20)8-9-17(14)23-2)18(22)10-5-13-3-6-15(19)7-4-13/h3-4,6-9,11H,5,10,12H2,1-2H3. The molecule has 0 aliphatic carbocycles. The summed E-state index contributed by atoms with van der Waals surface area (Å²) in [5, 5.41) is 1.33. The van der Waals surface area contributed by atoms with Crippen LogP contribution in [0.5, 0.6) is 5.75 Å². The molecule has 0 spiro atoms. The van der Waals surface area contributed by atoms with Gasteiger partial charge in [0.25, 0.3) is 0 Å². The van der Waals surface area contributed by atoms with Gasteiger partial charge >= 0.3 is 0 Å². The van der Waals surface area contributed by atoms with Gasteiger partial charge in [-0.15, -0.1) is 0 Å². The quantitative estimate of drug-likeness (QED) is 0.761. The zero-order valence-electron chi connectivity index (χ0n) is 13.2. The molecule has 0 aliphatic rings. The van der Waals surface area contributed by atoms with Gasteiger partial charge in [0.2, 0.25) is 5.91 Å². The van der Waals surface area contributed by atoms with Crippen LogP contribution in [0.15, 0.2) is 42.5 Å². The molecule has 23 heavy (non-hydrogen) atoms. The highest BCUT2D eigenvalue weighted by atomic mass is 35.5. The Morgan fingerprint density at radius 3 is 2.39 bits per heavy atom. The maximum Gasteiger partial charge on any atom is 0.222 e. The Hall–Kier alpha value is -1.71. The van der Waals surface area contributed by atoms with E-state index in [4.69, 9.17) is 27.9 Å². The predicted molar refractivity (Wildman–Crippen MR) is 94.3 cm³/mol. The van der Waals surface area contributed by atoms with Gasteiger partial charge in [0.1, 0.15) is 5.75 Å². The van der Waals surface area contributed by atoms with E-state index in [0.717, 1.165) is 16.9 Å². The fourth-order valence-electron chi connectivity index (χ4n) is 2.31. The molecule has 0 aromatic heterocycles. The van der Waals surface area contributed by atoms with Gasteiger partial charge in [-0.2, -0.15) is 0 Å². The summed E-state index contributed by atoms with van der Waals surface area (Å²) in [5.74, 6) is 0.800. The zero-order chi connectivity index (χ0) is 16.8. The maximum atomic E-state index is 12.3. The number of methoxy groups -OCH3 is 1. The van der Waals surface area contributed by atoms with E-state index in [0.29, 0.717) is 29.4 Å². The molecule has 0 saturated carbocycles. The number of rotatable bonds is 6. The Labute approximate surface area is 146 Å². The minimum Gasteiger partial charge on any atom is -0.496 e. The number of benzene rings is 2. The largest absolute Gasteiger partial charge is 0.496 e. The molecule has 2 aromatic carbocycles. The summed E-state index contributed by atoms with van der Waals surface area (Å²) in [5.41, 5.74) is 1.99. The van der Waals surface area contributed by atoms with Crippen LogP contribution in [0.1, 0.15) is 17.5 Å². The maximum absolute atomic E-state index is 12.3. The van der Waals surface area contributed by atoms with Crippen LogP contribution in [-0.2, 0) is 17.8 Å². The van der Waals surface area contributed by atoms with E-state index in [1.165, 1.54) is 0 Å². The topological polar surface area (TPSA) is 29.5 Å². The molecule has 2 aromatic rings. The van der Waals surface area contributed by atoms with Gasteiger partial charge in [0, 0.05) is 35.6 Å². The first-order valence-corrected chi connectivity index (χ1v) is 8.06. The highest BCUT2D eigenvalue weighted by molar-refractivity contribution is 6.30. The lowest BCUT2D eigenvalue weighted by Crippen LogP contribution is -2.26. The number of amides is 1. The number of halogens is 2. The second kappa shape index (κ2) is 8.23. The van der Waals surface area contributed by atoms with E-state index in [1.807, 2.05) is 36.4 Å². The lowest BCUT2D eigenvalue weighted by Gasteiger charge is -2.19. The molecule has 0 aliphatic heterocycles. The second-order valence-electron chi connectivity index (χ2n) is 5.33. The van der Waals surface area contributed by atoms with Gasteiger partial charge in [-0.05, 0) is 42.3 Å². The summed E-state index contributed by atoms with van der Waals surface area (Å²) >= 11 is 11.9. The molecule has 0 atom stereocenters. The Morgan fingerprint density at radius 2 is 1.74 bits per heavy atom. The van der Waals surface area contributed by atoms with Gasteiger partial charge in [-0.1, -0.05) is 35.3 Å². The number of carbonyl (C=O) groups is 1. The first-order valence-electron chi connectivity index (χ1n) is 7.30. The molecule has 0 fully saturated rings. The normalized spacial score (nSPS) is 10.4. The molecule has 1 amide bonds. The number of carbonyl (C=O) groups excluding carboxylic acids is 1. The van der Waals surface area contributed by atoms with Crippen LogP contribution in [0.4, 0.5) is 0 Å². The average Bonchev–Trinajstić information content (AvgIpc) is 2.54. The van der Waals surface area contributed by atoms with E-state index < -0.39 is 0 Å². The molecule has 0 heterocycles. The van der Waals surface area contributed by atoms with Crippen LogP contribution in [0.25, 0.3) is 0 Å². The van der Waals surface area contributed by atoms with Gasteiger partial charge < -0.3 is 9.64 Å². The first-order chi connectivity index (χ1) is 11.0. The summed E-state index contributed by atoms with van der Waals surface area (Å²) in [4.78, 5) is 14.0. The van der Waals surface area contributed by atoms with Crippen molar-refractivity contribution in [1.29, 1.82) is 0 Å². The van der Waals surface area contributed by atoms with Gasteiger partial charge in [0.05, 0.1) is 7.11 Å². The average molecular weight is 352 g/mol. The van der Waals surface area contributed by atoms with Gasteiger partial charge in [-0.3, -0.25) is 4.79 Å². The lowest BCUT2D eigenvalue weighted by atomic mass is 10.1. The van der Waals surface area contributed by atoms with Crippen LogP contribution in [0.2, 0.25) is 10.0 Å². The van der Waals surface area contributed by atoms with Crippen molar-refractivity contribution in [3.63, 3.8) is 0 Å². The van der Waals surface area contributed by atoms with Crippen molar-refractivity contribution in [3.8, 4) is 5.75 Å². The highest BCUT2D eigenvalue weighted by Crippen LogP contribution is 2.24. The Bertz CT molecular complexity index is 671. The third kappa shape index (κ3) is 5.15. The molecule has 0 bridgehead atoms. The Balaban J connectivity index is 1.94. The van der Waals surface area contributed by atoms with E-state index >= 15 is 0 Å². The highest BCUT2D eigenvalue weighted by Gasteiger charge is 2.12. The molecule has 0 radical (unpaired) electrons. The van der Waals surface area contributed by atoms with Crippen molar-refractivity contribution in [1.82, 2.24) is 4.90 Å². The number of hydrogen-bond donors (Lipinski definition) is 0. The molecular formula is C18H19Cl2NO2. The van der Waals surface area contributed by atoms with Gasteiger partial charge in [-0.25, -0.2) is 0 Å². The van der Waals surface area contributed by atoms with Gasteiger partial charge in [0.15, 0.2) is 0 Å². The van der Waals surface area contributed by atoms with Crippen LogP contribution in [0, 0.1) is 0 Å². The number of hydrogen-bond acceptors (Lipinski definition) is 2. The van der Waals surface area contributed by atoms with Crippen molar-refractivity contribution >= 4 is 29.1 Å². The van der Waals surface area contributed by atoms with Crippen LogP contribution in [-0.4, -0.2) is 25.0 Å². The molecule has 0 unspecified atom stereocenters. The molecule has 3 nitrogen and oxygen atoms in total. The molecule has 0 saturated heterocycles. The lowest BCUT2D eigenvalue weighted by molar-refractivity contribution is -0.130. The van der Waals surface area contributed by atoms with Crippen molar-refractivity contribution < 1.29 is 9.53 Å². The first kappa shape index (κ1) is 17.6. The summed E-state index contributed by atoms with van der Waals surface area (Å²) in [7, 11) is 3.39. The Morgan fingerprint density at radius 1 is 1.09 bits per heavy atom. The van der Waals surface area contributed by atoms with E-state index in [2.05, 4.69) is 0 Å². The van der Waals surface area contributed by atoms with Crippen molar-refractivity contribution in [3.05, 3.63) is 63.6 Å². The second-order valence-corrected chi connectivity index (χ2v) is 6.21. The van der Waals surface area contributed by atoms with Crippen molar-refractivity contribution in [2.75, 3.05) is 14.2 Å². The van der Waals surface area contributed by atoms with Crippen LogP contribution < -0.4 is 4.74 Å². The SMILES string of the molecule is COc1ccc(Cl)cc1CN(C)C(=O)CCc1ccc(Cl)cc1. The number of nitrogens with zero attached hydrogens (tertiary/aromatic N) is 1. The van der Waals surface area contributed by atoms with E-state index in [1.54, 1.807) is 25.1 Å². The van der Waals surface area contributed by atoms with Crippen molar-refractivity contribution in [2.45, 2.75) is 19.4 Å². The molecular weight excluding hydrogens is 333 g/mol. The number of aryl methyl sites for hydroxylation is 1.